The zero-order valence-corrected chi connectivity index (χ0v) is 15.3. The van der Waals surface area contributed by atoms with Crippen molar-refractivity contribution in [1.82, 2.24) is 0 Å². The van der Waals surface area contributed by atoms with Crippen molar-refractivity contribution in [2.75, 3.05) is 0 Å². The Balaban J connectivity index is 5.14. The molecule has 0 atom stereocenters. The van der Waals surface area contributed by atoms with Crippen molar-refractivity contribution in [2.24, 2.45) is 0 Å². The van der Waals surface area contributed by atoms with Gasteiger partial charge in [-0.2, -0.15) is 0 Å². The average Bonchev–Trinajstić information content (AvgIpc) is 2.60. The van der Waals surface area contributed by atoms with Crippen molar-refractivity contribution < 1.29 is 0 Å². The molecular weight excluding hydrogens is 288 g/mol. The molecule has 0 aromatic heterocycles. The van der Waals surface area contributed by atoms with Crippen LogP contribution in [0.15, 0.2) is 122 Å². The van der Waals surface area contributed by atoms with Gasteiger partial charge in [0, 0.05) is 0 Å². The Morgan fingerprint density at radius 2 is 1.00 bits per heavy atom. The molecule has 24 heavy (non-hydrogen) atoms. The third-order valence-electron chi connectivity index (χ3n) is 4.08. The molecule has 0 bridgehead atoms. The average molecular weight is 319 g/mol. The van der Waals surface area contributed by atoms with E-state index in [2.05, 4.69) is 72.7 Å². The molecule has 0 rings (SSSR count). The minimum absolute atomic E-state index is 0.654. The third kappa shape index (κ3) is 5.24. The van der Waals surface area contributed by atoms with Gasteiger partial charge in [-0.1, -0.05) is 85.2 Å². The quantitative estimate of drug-likeness (QED) is 0.329. The normalized spacial score (nSPS) is 9.54. The van der Waals surface area contributed by atoms with Gasteiger partial charge in [-0.25, -0.2) is 0 Å². The molecule has 0 saturated carbocycles. The summed E-state index contributed by atoms with van der Waals surface area (Å²) in [6, 6.07) is 0. The number of hydrogen-bond acceptors (Lipinski definition) is 0. The van der Waals surface area contributed by atoms with Gasteiger partial charge in [0.15, 0.2) is 0 Å². The van der Waals surface area contributed by atoms with Crippen LogP contribution in [0.2, 0.25) is 0 Å². The zero-order chi connectivity index (χ0) is 19.0. The van der Waals surface area contributed by atoms with Crippen LogP contribution in [0.1, 0.15) is 26.2 Å². The highest BCUT2D eigenvalue weighted by atomic mass is 14.2. The van der Waals surface area contributed by atoms with Crippen LogP contribution in [0.3, 0.4) is 0 Å². The van der Waals surface area contributed by atoms with Gasteiger partial charge in [0.05, 0.1) is 0 Å². The Hall–Kier alpha value is -2.60. The number of hydrogen-bond donors (Lipinski definition) is 0. The van der Waals surface area contributed by atoms with Crippen molar-refractivity contribution in [1.29, 1.82) is 0 Å². The van der Waals surface area contributed by atoms with E-state index in [0.29, 0.717) is 33.4 Å². The molecule has 0 radical (unpaired) electrons. The fourth-order valence-corrected chi connectivity index (χ4v) is 1.98. The summed E-state index contributed by atoms with van der Waals surface area (Å²) in [6.45, 7) is 42.2. The maximum atomic E-state index is 4.09. The first kappa shape index (κ1) is 21.4. The Kier molecular flexibility index (Phi) is 8.49. The van der Waals surface area contributed by atoms with E-state index >= 15 is 0 Å². The lowest BCUT2D eigenvalue weighted by Crippen LogP contribution is -2.01. The molecule has 0 fully saturated rings. The van der Waals surface area contributed by atoms with Crippen LogP contribution < -0.4 is 0 Å². The predicted octanol–water partition coefficient (Wildman–Crippen LogP) is 7.37. The van der Waals surface area contributed by atoms with Crippen LogP contribution in [0.25, 0.3) is 0 Å². The van der Waals surface area contributed by atoms with Crippen LogP contribution in [0.4, 0.5) is 0 Å². The fraction of sp³-hybridized carbons (Fsp3) is 0.167. The van der Waals surface area contributed by atoms with E-state index in [9.17, 15) is 0 Å². The lowest BCUT2D eigenvalue weighted by atomic mass is 9.84. The molecule has 0 saturated heterocycles. The maximum Gasteiger partial charge on any atom is -0.0183 e. The standard InChI is InChI=1S/C24H30/c1-12-14-15-17(4)19(6)21(8)23(10)24(11)22(9)20(7)18(5)16(3)13-2/h13H,2-12,14-15H2,1H3. The number of unbranched alkanes of at least 4 members (excludes halogenated alkanes) is 1. The minimum Gasteiger partial charge on any atom is -0.0985 e. The lowest BCUT2D eigenvalue weighted by Gasteiger charge is -2.20. The van der Waals surface area contributed by atoms with E-state index in [-0.39, 0.29) is 0 Å². The van der Waals surface area contributed by atoms with Gasteiger partial charge < -0.3 is 0 Å². The topological polar surface area (TPSA) is 0 Å². The highest BCUT2D eigenvalue weighted by molar-refractivity contribution is 5.68. The molecule has 0 spiro atoms. The van der Waals surface area contributed by atoms with Gasteiger partial charge in [0.1, 0.15) is 0 Å². The molecule has 0 nitrogen and oxygen atoms in total. The van der Waals surface area contributed by atoms with Crippen LogP contribution in [0, 0.1) is 0 Å². The van der Waals surface area contributed by atoms with E-state index in [1.807, 2.05) is 0 Å². The molecule has 0 aliphatic heterocycles. The van der Waals surface area contributed by atoms with Crippen molar-refractivity contribution in [3.8, 4) is 0 Å². The summed E-state index contributed by atoms with van der Waals surface area (Å²) >= 11 is 0. The van der Waals surface area contributed by atoms with E-state index in [1.165, 1.54) is 0 Å². The first-order chi connectivity index (χ1) is 11.1. The summed E-state index contributed by atoms with van der Waals surface area (Å²) in [5, 5.41) is 0. The smallest absolute Gasteiger partial charge is 0.0183 e. The molecule has 0 amide bonds. The number of rotatable bonds is 12. The molecule has 0 N–H and O–H groups in total. The summed E-state index contributed by atoms with van der Waals surface area (Å²) in [7, 11) is 0. The van der Waals surface area contributed by atoms with E-state index in [4.69, 9.17) is 0 Å². The zero-order valence-electron chi connectivity index (χ0n) is 15.3. The first-order valence-electron chi connectivity index (χ1n) is 7.94. The molecule has 126 valence electrons. The summed E-state index contributed by atoms with van der Waals surface area (Å²) < 4.78 is 0. The molecule has 0 aliphatic rings. The van der Waals surface area contributed by atoms with Crippen molar-refractivity contribution in [3.63, 3.8) is 0 Å². The molecule has 0 aromatic carbocycles. The van der Waals surface area contributed by atoms with Crippen molar-refractivity contribution in [2.45, 2.75) is 26.2 Å². The van der Waals surface area contributed by atoms with Crippen molar-refractivity contribution >= 4 is 0 Å². The van der Waals surface area contributed by atoms with E-state index in [1.54, 1.807) is 6.08 Å². The molecule has 0 unspecified atom stereocenters. The molecular formula is C24H30. The first-order valence-corrected chi connectivity index (χ1v) is 7.94. The van der Waals surface area contributed by atoms with Crippen LogP contribution in [-0.4, -0.2) is 0 Å². The van der Waals surface area contributed by atoms with Crippen LogP contribution >= 0.6 is 0 Å². The highest BCUT2D eigenvalue weighted by Crippen LogP contribution is 2.34. The Morgan fingerprint density at radius 3 is 1.38 bits per heavy atom. The number of allylic oxidation sites excluding steroid dienone is 10. The lowest BCUT2D eigenvalue weighted by molar-refractivity contribution is 0.795. The van der Waals surface area contributed by atoms with Gasteiger partial charge in [-0.15, -0.1) is 0 Å². The van der Waals surface area contributed by atoms with E-state index < -0.39 is 0 Å². The highest BCUT2D eigenvalue weighted by Gasteiger charge is 2.15. The van der Waals surface area contributed by atoms with Crippen molar-refractivity contribution in [3.05, 3.63) is 122 Å². The van der Waals surface area contributed by atoms with Gasteiger partial charge in [-0.3, -0.25) is 0 Å². The predicted molar refractivity (Wildman–Crippen MR) is 112 cm³/mol. The molecule has 0 aliphatic carbocycles. The van der Waals surface area contributed by atoms with E-state index in [0.717, 1.165) is 36.0 Å². The van der Waals surface area contributed by atoms with Gasteiger partial charge in [-0.05, 0) is 63.0 Å². The molecule has 0 heterocycles. The van der Waals surface area contributed by atoms with Gasteiger partial charge >= 0.3 is 0 Å². The second-order valence-corrected chi connectivity index (χ2v) is 5.79. The Labute approximate surface area is 148 Å². The maximum absolute atomic E-state index is 4.09. The Morgan fingerprint density at radius 1 is 0.625 bits per heavy atom. The van der Waals surface area contributed by atoms with Crippen LogP contribution in [0.5, 0.6) is 0 Å². The van der Waals surface area contributed by atoms with Gasteiger partial charge in [0.2, 0.25) is 0 Å². The Bertz CT molecular complexity index is 671. The van der Waals surface area contributed by atoms with Gasteiger partial charge in [0.25, 0.3) is 0 Å². The second kappa shape index (κ2) is 9.52. The summed E-state index contributed by atoms with van der Waals surface area (Å²) in [4.78, 5) is 0. The summed E-state index contributed by atoms with van der Waals surface area (Å²) in [5.41, 5.74) is 6.55. The minimum atomic E-state index is 0.654. The molecule has 0 aromatic rings. The molecule has 0 heteroatoms. The fourth-order valence-electron chi connectivity index (χ4n) is 1.98. The second-order valence-electron chi connectivity index (χ2n) is 5.79. The summed E-state index contributed by atoms with van der Waals surface area (Å²) in [5.74, 6) is 0. The van der Waals surface area contributed by atoms with Crippen LogP contribution in [-0.2, 0) is 0 Å². The summed E-state index contributed by atoms with van der Waals surface area (Å²) in [6.07, 6.45) is 4.72. The monoisotopic (exact) mass is 318 g/mol. The SMILES string of the molecule is C=CC(=C)C(=C)C(=C)C(=C)C(=C)C(=C)C(=C)C(=C)C(=C)CCCC. The third-order valence-corrected chi connectivity index (χ3v) is 4.08. The largest absolute Gasteiger partial charge is 0.0985 e.